The van der Waals surface area contributed by atoms with Crippen molar-refractivity contribution in [1.82, 2.24) is 0 Å². The van der Waals surface area contributed by atoms with Crippen LogP contribution in [0.4, 0.5) is 0 Å². The molecule has 3 heteroatoms. The fourth-order valence-corrected chi connectivity index (χ4v) is 1.03. The zero-order valence-electron chi connectivity index (χ0n) is 5.30. The van der Waals surface area contributed by atoms with Crippen molar-refractivity contribution in [3.05, 3.63) is 0 Å². The minimum absolute atomic E-state index is 0.217. The number of hydrogen-bond acceptors (Lipinski definition) is 2. The van der Waals surface area contributed by atoms with E-state index in [-0.39, 0.29) is 5.91 Å². The fourth-order valence-electron chi connectivity index (χ4n) is 1.03. The molecule has 0 saturated carbocycles. The molecule has 0 radical (unpaired) electrons. The number of primary amides is 1. The van der Waals surface area contributed by atoms with E-state index in [1.165, 1.54) is 0 Å². The molecule has 9 heavy (non-hydrogen) atoms. The summed E-state index contributed by atoms with van der Waals surface area (Å²) in [7, 11) is 0. The highest BCUT2D eigenvalue weighted by Gasteiger charge is 2.16. The van der Waals surface area contributed by atoms with Gasteiger partial charge in [0.1, 0.15) is 0 Å². The van der Waals surface area contributed by atoms with Gasteiger partial charge >= 0.3 is 0 Å². The van der Waals surface area contributed by atoms with Crippen molar-refractivity contribution in [3.63, 3.8) is 0 Å². The number of carbonyl (C=O) groups is 1. The summed E-state index contributed by atoms with van der Waals surface area (Å²) in [4.78, 5) is 10.3. The molecule has 0 aromatic heterocycles. The van der Waals surface area contributed by atoms with Gasteiger partial charge in [0.15, 0.2) is 0 Å². The molecular formula is C6H11NO2. The summed E-state index contributed by atoms with van der Waals surface area (Å²) in [5.74, 6) is 0.174. The van der Waals surface area contributed by atoms with Gasteiger partial charge in [0.2, 0.25) is 5.91 Å². The van der Waals surface area contributed by atoms with Gasteiger partial charge in [-0.15, -0.1) is 0 Å². The number of amides is 1. The first-order valence-electron chi connectivity index (χ1n) is 3.15. The molecule has 52 valence electrons. The molecule has 3 nitrogen and oxygen atoms in total. The Hall–Kier alpha value is -0.570. The second-order valence-electron chi connectivity index (χ2n) is 2.40. The smallest absolute Gasteiger partial charge is 0.217 e. The van der Waals surface area contributed by atoms with Crippen molar-refractivity contribution in [2.45, 2.75) is 12.8 Å². The van der Waals surface area contributed by atoms with Crippen LogP contribution in [-0.4, -0.2) is 19.1 Å². The zero-order chi connectivity index (χ0) is 6.69. The van der Waals surface area contributed by atoms with Crippen molar-refractivity contribution >= 4 is 5.91 Å². The van der Waals surface area contributed by atoms with Crippen LogP contribution in [0.15, 0.2) is 0 Å². The minimum Gasteiger partial charge on any atom is -0.381 e. The van der Waals surface area contributed by atoms with E-state index < -0.39 is 0 Å². The molecule has 1 unspecified atom stereocenters. The number of carbonyl (C=O) groups excluding carboxylic acids is 1. The summed E-state index contributed by atoms with van der Waals surface area (Å²) in [6.45, 7) is 1.50. The normalized spacial score (nSPS) is 26.4. The molecular weight excluding hydrogens is 118 g/mol. The topological polar surface area (TPSA) is 52.3 Å². The highest BCUT2D eigenvalue weighted by molar-refractivity contribution is 5.74. The number of ether oxygens (including phenoxy) is 1. The first kappa shape index (κ1) is 6.55. The van der Waals surface area contributed by atoms with Crippen molar-refractivity contribution in [3.8, 4) is 0 Å². The maximum absolute atomic E-state index is 10.3. The lowest BCUT2D eigenvalue weighted by atomic mass is 10.1. The van der Waals surface area contributed by atoms with Crippen LogP contribution >= 0.6 is 0 Å². The second kappa shape index (κ2) is 2.82. The van der Waals surface area contributed by atoms with Crippen LogP contribution in [0.3, 0.4) is 0 Å². The van der Waals surface area contributed by atoms with Gasteiger partial charge in [-0.05, 0) is 12.3 Å². The molecule has 1 amide bonds. The van der Waals surface area contributed by atoms with E-state index in [4.69, 9.17) is 10.5 Å². The lowest BCUT2D eigenvalue weighted by Gasteiger charge is -2.00. The summed E-state index contributed by atoms with van der Waals surface area (Å²) < 4.78 is 5.05. The van der Waals surface area contributed by atoms with Gasteiger partial charge in [0, 0.05) is 19.6 Å². The molecule has 1 aliphatic heterocycles. The second-order valence-corrected chi connectivity index (χ2v) is 2.40. The molecule has 1 heterocycles. The molecule has 1 atom stereocenters. The third-order valence-corrected chi connectivity index (χ3v) is 1.51. The van der Waals surface area contributed by atoms with Crippen LogP contribution in [0, 0.1) is 5.92 Å². The average molecular weight is 129 g/mol. The SMILES string of the molecule is NC(=O)CC1CCOC1. The Morgan fingerprint density at radius 1 is 1.78 bits per heavy atom. The quantitative estimate of drug-likeness (QED) is 0.566. The summed E-state index contributed by atoms with van der Waals surface area (Å²) in [6, 6.07) is 0. The van der Waals surface area contributed by atoms with Gasteiger partial charge < -0.3 is 10.5 Å². The Labute approximate surface area is 54.2 Å². The summed E-state index contributed by atoms with van der Waals surface area (Å²) >= 11 is 0. The van der Waals surface area contributed by atoms with E-state index in [1.54, 1.807) is 0 Å². The summed E-state index contributed by atoms with van der Waals surface area (Å²) in [5, 5.41) is 0. The Morgan fingerprint density at radius 3 is 3.00 bits per heavy atom. The maximum atomic E-state index is 10.3. The molecule has 0 aromatic carbocycles. The molecule has 1 aliphatic rings. The Morgan fingerprint density at radius 2 is 2.56 bits per heavy atom. The largest absolute Gasteiger partial charge is 0.381 e. The van der Waals surface area contributed by atoms with E-state index in [0.717, 1.165) is 13.0 Å². The van der Waals surface area contributed by atoms with E-state index in [2.05, 4.69) is 0 Å². The molecule has 0 aromatic rings. The molecule has 1 saturated heterocycles. The van der Waals surface area contributed by atoms with Crippen LogP contribution in [-0.2, 0) is 9.53 Å². The van der Waals surface area contributed by atoms with Gasteiger partial charge in [-0.1, -0.05) is 0 Å². The van der Waals surface area contributed by atoms with E-state index in [1.807, 2.05) is 0 Å². The van der Waals surface area contributed by atoms with Crippen molar-refractivity contribution in [2.24, 2.45) is 11.7 Å². The van der Waals surface area contributed by atoms with Gasteiger partial charge in [-0.2, -0.15) is 0 Å². The lowest BCUT2D eigenvalue weighted by Crippen LogP contribution is -2.16. The Bertz CT molecular complexity index is 108. The Balaban J connectivity index is 2.19. The highest BCUT2D eigenvalue weighted by Crippen LogP contribution is 2.14. The first-order chi connectivity index (χ1) is 4.29. The Kier molecular flexibility index (Phi) is 2.05. The number of nitrogens with two attached hydrogens (primary N) is 1. The van der Waals surface area contributed by atoms with Gasteiger partial charge in [0.05, 0.1) is 0 Å². The van der Waals surface area contributed by atoms with Gasteiger partial charge in [-0.3, -0.25) is 4.79 Å². The molecule has 0 spiro atoms. The predicted molar refractivity (Wildman–Crippen MR) is 32.7 cm³/mol. The first-order valence-corrected chi connectivity index (χ1v) is 3.15. The average Bonchev–Trinajstić information content (AvgIpc) is 2.15. The van der Waals surface area contributed by atoms with Crippen molar-refractivity contribution in [2.75, 3.05) is 13.2 Å². The van der Waals surface area contributed by atoms with Crippen molar-refractivity contribution in [1.29, 1.82) is 0 Å². The molecule has 1 rings (SSSR count). The number of hydrogen-bond donors (Lipinski definition) is 1. The lowest BCUT2D eigenvalue weighted by molar-refractivity contribution is -0.118. The van der Waals surface area contributed by atoms with Gasteiger partial charge in [-0.25, -0.2) is 0 Å². The van der Waals surface area contributed by atoms with Crippen LogP contribution in [0.25, 0.3) is 0 Å². The molecule has 2 N–H and O–H groups in total. The van der Waals surface area contributed by atoms with E-state index in [0.29, 0.717) is 18.9 Å². The van der Waals surface area contributed by atoms with Crippen LogP contribution in [0.1, 0.15) is 12.8 Å². The fraction of sp³-hybridized carbons (Fsp3) is 0.833. The zero-order valence-corrected chi connectivity index (χ0v) is 5.30. The molecule has 0 aliphatic carbocycles. The predicted octanol–water partition coefficient (Wildman–Crippen LogP) is -0.102. The van der Waals surface area contributed by atoms with Crippen LogP contribution in [0.2, 0.25) is 0 Å². The highest BCUT2D eigenvalue weighted by atomic mass is 16.5. The summed E-state index contributed by atoms with van der Waals surface area (Å²) in [6.07, 6.45) is 1.48. The maximum Gasteiger partial charge on any atom is 0.217 e. The third-order valence-electron chi connectivity index (χ3n) is 1.51. The standard InChI is InChI=1S/C6H11NO2/c7-6(8)3-5-1-2-9-4-5/h5H,1-4H2,(H2,7,8). The van der Waals surface area contributed by atoms with Crippen LogP contribution < -0.4 is 5.73 Å². The van der Waals surface area contributed by atoms with E-state index in [9.17, 15) is 4.79 Å². The minimum atomic E-state index is -0.217. The third kappa shape index (κ3) is 2.01. The summed E-state index contributed by atoms with van der Waals surface area (Å²) in [5.41, 5.74) is 4.98. The van der Waals surface area contributed by atoms with Gasteiger partial charge in [0.25, 0.3) is 0 Å². The molecule has 0 bridgehead atoms. The van der Waals surface area contributed by atoms with Crippen LogP contribution in [0.5, 0.6) is 0 Å². The monoisotopic (exact) mass is 129 g/mol. The number of rotatable bonds is 2. The molecule has 1 fully saturated rings. The van der Waals surface area contributed by atoms with Crippen molar-refractivity contribution < 1.29 is 9.53 Å². The van der Waals surface area contributed by atoms with E-state index >= 15 is 0 Å².